The van der Waals surface area contributed by atoms with Gasteiger partial charge in [-0.3, -0.25) is 0 Å². The van der Waals surface area contributed by atoms with Crippen LogP contribution in [-0.2, 0) is 4.74 Å². The number of unbranched alkanes of at least 4 members (excludes halogenated alkanes) is 4. The number of esters is 1. The second-order valence-electron chi connectivity index (χ2n) is 4.28. The fraction of sp³-hybridized carbons (Fsp3) is 0.500. The van der Waals surface area contributed by atoms with Gasteiger partial charge in [0.15, 0.2) is 0 Å². The summed E-state index contributed by atoms with van der Waals surface area (Å²) < 4.78 is 6.05. The molecular formula is C14H20BrNO2. The van der Waals surface area contributed by atoms with Gasteiger partial charge in [0.2, 0.25) is 0 Å². The lowest BCUT2D eigenvalue weighted by molar-refractivity contribution is 0.0499. The van der Waals surface area contributed by atoms with Crippen molar-refractivity contribution in [1.82, 2.24) is 0 Å². The molecule has 0 bridgehead atoms. The fourth-order valence-electron chi connectivity index (χ4n) is 1.67. The van der Waals surface area contributed by atoms with Crippen molar-refractivity contribution >= 4 is 27.6 Å². The van der Waals surface area contributed by atoms with Crippen LogP contribution >= 0.6 is 15.9 Å². The van der Waals surface area contributed by atoms with Crippen molar-refractivity contribution in [2.75, 3.05) is 12.3 Å². The van der Waals surface area contributed by atoms with Gasteiger partial charge in [0.05, 0.1) is 12.2 Å². The van der Waals surface area contributed by atoms with E-state index >= 15 is 0 Å². The molecule has 4 heteroatoms. The van der Waals surface area contributed by atoms with E-state index < -0.39 is 0 Å². The van der Waals surface area contributed by atoms with E-state index in [-0.39, 0.29) is 5.97 Å². The van der Waals surface area contributed by atoms with Gasteiger partial charge in [0.1, 0.15) is 0 Å². The molecule has 0 heterocycles. The smallest absolute Gasteiger partial charge is 0.340 e. The molecular weight excluding hydrogens is 294 g/mol. The molecule has 0 radical (unpaired) electrons. The van der Waals surface area contributed by atoms with Gasteiger partial charge >= 0.3 is 5.97 Å². The van der Waals surface area contributed by atoms with Crippen LogP contribution in [0.1, 0.15) is 49.4 Å². The molecule has 1 aromatic rings. The molecule has 0 unspecified atom stereocenters. The van der Waals surface area contributed by atoms with Gasteiger partial charge in [0.25, 0.3) is 0 Å². The molecule has 100 valence electrons. The van der Waals surface area contributed by atoms with Gasteiger partial charge in [-0.1, -0.05) is 48.5 Å². The molecule has 3 nitrogen and oxygen atoms in total. The number of hydrogen-bond donors (Lipinski definition) is 1. The van der Waals surface area contributed by atoms with Crippen LogP contribution in [-0.4, -0.2) is 12.6 Å². The minimum atomic E-state index is -0.338. The SMILES string of the molecule is CCCCCCCOC(=O)c1ccc(Br)cc1N. The molecule has 0 saturated heterocycles. The topological polar surface area (TPSA) is 52.3 Å². The van der Waals surface area contributed by atoms with Crippen LogP contribution in [0.15, 0.2) is 22.7 Å². The first-order chi connectivity index (χ1) is 8.65. The average molecular weight is 314 g/mol. The zero-order chi connectivity index (χ0) is 13.4. The highest BCUT2D eigenvalue weighted by atomic mass is 79.9. The molecule has 0 fully saturated rings. The third kappa shape index (κ3) is 5.08. The molecule has 0 saturated carbocycles. The third-order valence-corrected chi connectivity index (χ3v) is 3.21. The van der Waals surface area contributed by atoms with E-state index in [2.05, 4.69) is 22.9 Å². The highest BCUT2D eigenvalue weighted by molar-refractivity contribution is 9.10. The summed E-state index contributed by atoms with van der Waals surface area (Å²) in [6, 6.07) is 5.17. The summed E-state index contributed by atoms with van der Waals surface area (Å²) >= 11 is 3.30. The Morgan fingerprint density at radius 3 is 2.67 bits per heavy atom. The molecule has 0 aromatic heterocycles. The predicted molar refractivity (Wildman–Crippen MR) is 77.6 cm³/mol. The molecule has 0 aliphatic heterocycles. The highest BCUT2D eigenvalue weighted by Crippen LogP contribution is 2.19. The lowest BCUT2D eigenvalue weighted by Crippen LogP contribution is -2.09. The van der Waals surface area contributed by atoms with Crippen molar-refractivity contribution in [1.29, 1.82) is 0 Å². The Morgan fingerprint density at radius 2 is 2.00 bits per heavy atom. The molecule has 0 aliphatic rings. The normalized spacial score (nSPS) is 10.3. The average Bonchev–Trinajstić information content (AvgIpc) is 2.33. The number of carbonyl (C=O) groups excluding carboxylic acids is 1. The standard InChI is InChI=1S/C14H20BrNO2/c1-2-3-4-5-6-9-18-14(17)12-8-7-11(15)10-13(12)16/h7-8,10H,2-6,9,16H2,1H3. The summed E-state index contributed by atoms with van der Waals surface area (Å²) in [5.74, 6) is -0.338. The summed E-state index contributed by atoms with van der Waals surface area (Å²) in [7, 11) is 0. The monoisotopic (exact) mass is 313 g/mol. The maximum Gasteiger partial charge on any atom is 0.340 e. The van der Waals surface area contributed by atoms with Crippen molar-refractivity contribution in [2.24, 2.45) is 0 Å². The first-order valence-corrected chi connectivity index (χ1v) is 7.16. The second-order valence-corrected chi connectivity index (χ2v) is 5.20. The van der Waals surface area contributed by atoms with Crippen molar-refractivity contribution in [3.63, 3.8) is 0 Å². The van der Waals surface area contributed by atoms with Crippen LogP contribution < -0.4 is 5.73 Å². The van der Waals surface area contributed by atoms with Crippen LogP contribution in [0.3, 0.4) is 0 Å². The summed E-state index contributed by atoms with van der Waals surface area (Å²) in [5, 5.41) is 0. The number of nitrogens with two attached hydrogens (primary N) is 1. The number of halogens is 1. The number of rotatable bonds is 7. The molecule has 1 aromatic carbocycles. The molecule has 18 heavy (non-hydrogen) atoms. The van der Waals surface area contributed by atoms with Crippen LogP contribution in [0.2, 0.25) is 0 Å². The third-order valence-electron chi connectivity index (χ3n) is 2.71. The number of nitrogen functional groups attached to an aromatic ring is 1. The number of anilines is 1. The Balaban J connectivity index is 2.32. The number of benzene rings is 1. The van der Waals surface area contributed by atoms with Crippen molar-refractivity contribution in [3.05, 3.63) is 28.2 Å². The maximum atomic E-state index is 11.7. The van der Waals surface area contributed by atoms with Crippen LogP contribution in [0, 0.1) is 0 Å². The number of hydrogen-bond acceptors (Lipinski definition) is 3. The lowest BCUT2D eigenvalue weighted by Gasteiger charge is -2.07. The van der Waals surface area contributed by atoms with E-state index in [0.29, 0.717) is 17.9 Å². The lowest BCUT2D eigenvalue weighted by atomic mass is 10.1. The summed E-state index contributed by atoms with van der Waals surface area (Å²) in [4.78, 5) is 11.7. The first kappa shape index (κ1) is 15.0. The van der Waals surface area contributed by atoms with E-state index in [1.165, 1.54) is 19.3 Å². The Hall–Kier alpha value is -1.03. The number of carbonyl (C=O) groups is 1. The Labute approximate surface area is 117 Å². The largest absolute Gasteiger partial charge is 0.462 e. The number of ether oxygens (including phenoxy) is 1. The summed E-state index contributed by atoms with van der Waals surface area (Å²) in [6.07, 6.45) is 5.69. The van der Waals surface area contributed by atoms with E-state index in [1.54, 1.807) is 18.2 Å². The molecule has 0 aliphatic carbocycles. The summed E-state index contributed by atoms with van der Waals surface area (Å²) in [5.41, 5.74) is 6.64. The molecule has 2 N–H and O–H groups in total. The maximum absolute atomic E-state index is 11.7. The van der Waals surface area contributed by atoms with Gasteiger partial charge in [-0.25, -0.2) is 4.79 Å². The quantitative estimate of drug-likeness (QED) is 0.467. The van der Waals surface area contributed by atoms with Crippen molar-refractivity contribution in [2.45, 2.75) is 39.0 Å². The van der Waals surface area contributed by atoms with Gasteiger partial charge in [-0.2, -0.15) is 0 Å². The Kier molecular flexibility index (Phi) is 6.80. The second kappa shape index (κ2) is 8.14. The Bertz CT molecular complexity index is 393. The summed E-state index contributed by atoms with van der Waals surface area (Å²) in [6.45, 7) is 2.65. The van der Waals surface area contributed by atoms with Crippen LogP contribution in [0.4, 0.5) is 5.69 Å². The van der Waals surface area contributed by atoms with Crippen molar-refractivity contribution in [3.8, 4) is 0 Å². The first-order valence-electron chi connectivity index (χ1n) is 6.37. The molecule has 1 rings (SSSR count). The van der Waals surface area contributed by atoms with E-state index in [4.69, 9.17) is 10.5 Å². The Morgan fingerprint density at radius 1 is 1.28 bits per heavy atom. The molecule has 0 amide bonds. The zero-order valence-corrected chi connectivity index (χ0v) is 12.3. The van der Waals surface area contributed by atoms with Gasteiger partial charge < -0.3 is 10.5 Å². The van der Waals surface area contributed by atoms with E-state index in [9.17, 15) is 4.79 Å². The van der Waals surface area contributed by atoms with Gasteiger partial charge in [-0.15, -0.1) is 0 Å². The molecule has 0 spiro atoms. The van der Waals surface area contributed by atoms with Gasteiger partial charge in [0, 0.05) is 10.2 Å². The van der Waals surface area contributed by atoms with Crippen LogP contribution in [0.25, 0.3) is 0 Å². The fourth-order valence-corrected chi connectivity index (χ4v) is 2.05. The zero-order valence-electron chi connectivity index (χ0n) is 10.7. The van der Waals surface area contributed by atoms with E-state index in [0.717, 1.165) is 17.3 Å². The predicted octanol–water partition coefficient (Wildman–Crippen LogP) is 4.16. The minimum absolute atomic E-state index is 0.338. The van der Waals surface area contributed by atoms with E-state index in [1.807, 2.05) is 0 Å². The van der Waals surface area contributed by atoms with Crippen molar-refractivity contribution < 1.29 is 9.53 Å². The minimum Gasteiger partial charge on any atom is -0.462 e. The molecule has 0 atom stereocenters. The van der Waals surface area contributed by atoms with Gasteiger partial charge in [-0.05, 0) is 24.6 Å². The highest BCUT2D eigenvalue weighted by Gasteiger charge is 2.10. The van der Waals surface area contributed by atoms with Crippen LogP contribution in [0.5, 0.6) is 0 Å².